The molecule has 0 aliphatic rings. The topological polar surface area (TPSA) is 118 Å². The lowest BCUT2D eigenvalue weighted by molar-refractivity contribution is 0.291. The van der Waals surface area contributed by atoms with E-state index in [0.29, 0.717) is 34.3 Å². The zero-order chi connectivity index (χ0) is 22.1. The van der Waals surface area contributed by atoms with Crippen molar-refractivity contribution in [2.45, 2.75) is 51.1 Å². The largest absolute Gasteiger partial charge is 0.486 e. The van der Waals surface area contributed by atoms with E-state index in [-0.39, 0.29) is 6.61 Å². The van der Waals surface area contributed by atoms with Gasteiger partial charge in [-0.3, -0.25) is 0 Å². The maximum Gasteiger partial charge on any atom is 0.210 e. The molecule has 0 fully saturated rings. The molecule has 1 aromatic carbocycles. The summed E-state index contributed by atoms with van der Waals surface area (Å²) in [5, 5.41) is 9.83. The summed E-state index contributed by atoms with van der Waals surface area (Å²) in [7, 11) is 0. The number of thioether (sulfide) groups is 1. The van der Waals surface area contributed by atoms with Crippen molar-refractivity contribution in [3.8, 4) is 5.75 Å². The average molecular weight is 456 g/mol. The number of hydrogen-bond acceptors (Lipinski definition) is 9. The smallest absolute Gasteiger partial charge is 0.210 e. The Morgan fingerprint density at radius 2 is 1.87 bits per heavy atom. The van der Waals surface area contributed by atoms with Gasteiger partial charge in [0.05, 0.1) is 11.1 Å². The molecule has 0 spiro atoms. The van der Waals surface area contributed by atoms with Crippen molar-refractivity contribution in [1.29, 1.82) is 0 Å². The van der Waals surface area contributed by atoms with Crippen LogP contribution < -0.4 is 16.3 Å². The highest BCUT2D eigenvalue weighted by molar-refractivity contribution is 7.98. The van der Waals surface area contributed by atoms with Crippen molar-refractivity contribution in [3.63, 3.8) is 0 Å². The summed E-state index contributed by atoms with van der Waals surface area (Å²) in [5.41, 5.74) is 8.57. The van der Waals surface area contributed by atoms with Crippen LogP contribution in [-0.2, 0) is 12.4 Å². The van der Waals surface area contributed by atoms with Gasteiger partial charge in [0.15, 0.2) is 5.82 Å². The van der Waals surface area contributed by atoms with E-state index in [2.05, 4.69) is 53.1 Å². The number of anilines is 1. The molecule has 0 bridgehead atoms. The second-order valence-corrected chi connectivity index (χ2v) is 9.70. The molecule has 3 aromatic heterocycles. The van der Waals surface area contributed by atoms with Gasteiger partial charge < -0.3 is 16.3 Å². The van der Waals surface area contributed by atoms with Gasteiger partial charge in [-0.2, -0.15) is 0 Å². The molecular formula is C21H25N7OS2. The molecule has 162 valence electrons. The van der Waals surface area contributed by atoms with Crippen molar-refractivity contribution in [1.82, 2.24) is 24.8 Å². The summed E-state index contributed by atoms with van der Waals surface area (Å²) >= 11 is 3.04. The van der Waals surface area contributed by atoms with Gasteiger partial charge in [0.25, 0.3) is 0 Å². The average Bonchev–Trinajstić information content (AvgIpc) is 3.24. The summed E-state index contributed by atoms with van der Waals surface area (Å²) in [6.45, 7) is 8.66. The predicted octanol–water partition coefficient (Wildman–Crippen LogP) is 4.19. The standard InChI is InChI=1S/C21H25N7OS2/c1-11(2)14-5-7-15(8-6-14)29-9-17-26-27-21(28(17)23)30-10-16-24-19(22)18-12(3)13(4)31-20(18)25-16/h5-8,11H,9-10,23H2,1-4H3,(H2,22,24,25). The van der Waals surface area contributed by atoms with E-state index in [9.17, 15) is 0 Å². The Morgan fingerprint density at radius 1 is 1.13 bits per heavy atom. The van der Waals surface area contributed by atoms with Crippen LogP contribution in [0.25, 0.3) is 10.2 Å². The van der Waals surface area contributed by atoms with E-state index in [1.807, 2.05) is 19.1 Å². The second-order valence-electron chi connectivity index (χ2n) is 7.56. The zero-order valence-corrected chi connectivity index (χ0v) is 19.5. The number of thiophene rings is 1. The van der Waals surface area contributed by atoms with Crippen LogP contribution in [0.1, 0.15) is 47.4 Å². The first-order valence-corrected chi connectivity index (χ1v) is 11.7. The Labute approximate surface area is 189 Å². The number of aromatic nitrogens is 5. The summed E-state index contributed by atoms with van der Waals surface area (Å²) in [5.74, 6) is 9.59. The van der Waals surface area contributed by atoms with E-state index >= 15 is 0 Å². The van der Waals surface area contributed by atoms with E-state index < -0.39 is 0 Å². The first-order chi connectivity index (χ1) is 14.8. The monoisotopic (exact) mass is 455 g/mol. The first kappa shape index (κ1) is 21.4. The van der Waals surface area contributed by atoms with Gasteiger partial charge in [0.1, 0.15) is 28.8 Å². The molecule has 4 aromatic rings. The third kappa shape index (κ3) is 4.45. The number of fused-ring (bicyclic) bond motifs is 1. The molecule has 3 heterocycles. The Hall–Kier alpha value is -2.85. The number of rotatable bonds is 7. The molecule has 0 aliphatic carbocycles. The predicted molar refractivity (Wildman–Crippen MR) is 126 cm³/mol. The Balaban J connectivity index is 1.41. The van der Waals surface area contributed by atoms with Crippen molar-refractivity contribution in [2.24, 2.45) is 0 Å². The molecule has 0 atom stereocenters. The molecule has 10 heteroatoms. The quantitative estimate of drug-likeness (QED) is 0.315. The van der Waals surface area contributed by atoms with Crippen LogP contribution in [0.4, 0.5) is 5.82 Å². The minimum absolute atomic E-state index is 0.230. The maximum atomic E-state index is 6.17. The third-order valence-electron chi connectivity index (χ3n) is 5.08. The second kappa shape index (κ2) is 8.72. The van der Waals surface area contributed by atoms with E-state index in [0.717, 1.165) is 21.5 Å². The van der Waals surface area contributed by atoms with Gasteiger partial charge in [-0.25, -0.2) is 14.6 Å². The van der Waals surface area contributed by atoms with Gasteiger partial charge in [-0.15, -0.1) is 21.5 Å². The highest BCUT2D eigenvalue weighted by atomic mass is 32.2. The van der Waals surface area contributed by atoms with Crippen LogP contribution in [0.15, 0.2) is 29.4 Å². The van der Waals surface area contributed by atoms with Crippen LogP contribution in [0.5, 0.6) is 5.75 Å². The normalized spacial score (nSPS) is 11.5. The van der Waals surface area contributed by atoms with Crippen LogP contribution in [0.2, 0.25) is 0 Å². The van der Waals surface area contributed by atoms with Crippen molar-refractivity contribution < 1.29 is 4.74 Å². The molecule has 0 saturated carbocycles. The van der Waals surface area contributed by atoms with E-state index in [1.54, 1.807) is 11.3 Å². The van der Waals surface area contributed by atoms with Crippen LogP contribution in [-0.4, -0.2) is 24.8 Å². The summed E-state index contributed by atoms with van der Waals surface area (Å²) < 4.78 is 7.25. The molecule has 4 rings (SSSR count). The van der Waals surface area contributed by atoms with Crippen molar-refractivity contribution in [3.05, 3.63) is 51.9 Å². The molecule has 0 radical (unpaired) electrons. The molecule has 0 aliphatic heterocycles. The fraction of sp³-hybridized carbons (Fsp3) is 0.333. The van der Waals surface area contributed by atoms with Gasteiger partial charge >= 0.3 is 0 Å². The fourth-order valence-corrected chi connectivity index (χ4v) is 4.91. The molecule has 8 nitrogen and oxygen atoms in total. The Morgan fingerprint density at radius 3 is 2.58 bits per heavy atom. The number of aryl methyl sites for hydroxylation is 2. The van der Waals surface area contributed by atoms with Crippen molar-refractivity contribution in [2.75, 3.05) is 11.6 Å². The summed E-state index contributed by atoms with van der Waals surface area (Å²) in [6, 6.07) is 8.03. The zero-order valence-electron chi connectivity index (χ0n) is 17.9. The molecule has 0 saturated heterocycles. The lowest BCUT2D eigenvalue weighted by Gasteiger charge is -2.09. The van der Waals surface area contributed by atoms with Gasteiger partial charge in [0.2, 0.25) is 5.16 Å². The highest BCUT2D eigenvalue weighted by Gasteiger charge is 2.15. The maximum absolute atomic E-state index is 6.17. The number of nitrogens with two attached hydrogens (primary N) is 2. The fourth-order valence-electron chi connectivity index (χ4n) is 3.12. The third-order valence-corrected chi connectivity index (χ3v) is 7.12. The molecule has 0 unspecified atom stereocenters. The molecule has 31 heavy (non-hydrogen) atoms. The molecular weight excluding hydrogens is 430 g/mol. The van der Waals surface area contributed by atoms with Crippen LogP contribution >= 0.6 is 23.1 Å². The number of nitrogen functional groups attached to an aromatic ring is 2. The number of benzene rings is 1. The minimum atomic E-state index is 0.230. The minimum Gasteiger partial charge on any atom is -0.486 e. The van der Waals surface area contributed by atoms with Gasteiger partial charge in [0, 0.05) is 4.88 Å². The lowest BCUT2D eigenvalue weighted by Crippen LogP contribution is -2.16. The molecule has 0 amide bonds. The highest BCUT2D eigenvalue weighted by Crippen LogP contribution is 2.32. The SMILES string of the molecule is Cc1sc2nc(CSc3nnc(COc4ccc(C(C)C)cc4)n3N)nc(N)c2c1C. The summed E-state index contributed by atoms with van der Waals surface area (Å²) in [4.78, 5) is 11.2. The Bertz CT molecular complexity index is 1210. The first-order valence-electron chi connectivity index (χ1n) is 9.90. The number of hydrogen-bond donors (Lipinski definition) is 2. The van der Waals surface area contributed by atoms with Crippen LogP contribution in [0, 0.1) is 13.8 Å². The van der Waals surface area contributed by atoms with Gasteiger partial charge in [-0.05, 0) is 43.0 Å². The van der Waals surface area contributed by atoms with Crippen molar-refractivity contribution >= 4 is 39.1 Å². The van der Waals surface area contributed by atoms with E-state index in [1.165, 1.54) is 26.9 Å². The summed E-state index contributed by atoms with van der Waals surface area (Å²) in [6.07, 6.45) is 0. The van der Waals surface area contributed by atoms with Crippen LogP contribution in [0.3, 0.4) is 0 Å². The Kier molecular flexibility index (Phi) is 6.01. The number of nitrogens with zero attached hydrogens (tertiary/aromatic N) is 5. The van der Waals surface area contributed by atoms with Gasteiger partial charge in [-0.1, -0.05) is 37.7 Å². The molecule has 4 N–H and O–H groups in total. The number of ether oxygens (including phenoxy) is 1. The lowest BCUT2D eigenvalue weighted by atomic mass is 10.0. The van der Waals surface area contributed by atoms with E-state index in [4.69, 9.17) is 16.3 Å².